The van der Waals surface area contributed by atoms with Crippen molar-refractivity contribution >= 4 is 33.3 Å². The fourth-order valence-corrected chi connectivity index (χ4v) is 5.57. The average molecular weight is 398 g/mol. The molecule has 0 N–H and O–H groups in total. The first-order valence-corrected chi connectivity index (χ1v) is 10.3. The minimum absolute atomic E-state index is 0.298. The Kier molecular flexibility index (Phi) is 4.17. The summed E-state index contributed by atoms with van der Waals surface area (Å²) in [5, 5.41) is 10.6. The van der Waals surface area contributed by atoms with Crippen molar-refractivity contribution in [1.29, 1.82) is 0 Å². The van der Waals surface area contributed by atoms with Crippen molar-refractivity contribution < 1.29 is 8.81 Å². The first kappa shape index (κ1) is 16.8. The molecule has 3 heterocycles. The first-order chi connectivity index (χ1) is 13.2. The van der Waals surface area contributed by atoms with Gasteiger partial charge >= 0.3 is 0 Å². The number of nitrogens with zero attached hydrogens (tertiary/aromatic N) is 4. The van der Waals surface area contributed by atoms with Gasteiger partial charge in [0.05, 0.1) is 0 Å². The van der Waals surface area contributed by atoms with Crippen LogP contribution >= 0.6 is 23.1 Å². The molecule has 3 aromatic heterocycles. The van der Waals surface area contributed by atoms with Crippen LogP contribution in [0.1, 0.15) is 23.8 Å². The Morgan fingerprint density at radius 3 is 2.89 bits per heavy atom. The fourth-order valence-electron chi connectivity index (χ4n) is 3.37. The van der Waals surface area contributed by atoms with Crippen molar-refractivity contribution in [3.8, 4) is 11.5 Å². The summed E-state index contributed by atoms with van der Waals surface area (Å²) in [5.41, 5.74) is 2.06. The predicted molar refractivity (Wildman–Crippen MR) is 102 cm³/mol. The number of halogens is 1. The van der Waals surface area contributed by atoms with Crippen molar-refractivity contribution in [3.05, 3.63) is 46.9 Å². The molecule has 0 amide bonds. The van der Waals surface area contributed by atoms with Gasteiger partial charge < -0.3 is 4.42 Å². The van der Waals surface area contributed by atoms with Gasteiger partial charge in [-0.2, -0.15) is 0 Å². The van der Waals surface area contributed by atoms with Crippen molar-refractivity contribution in [2.24, 2.45) is 5.92 Å². The van der Waals surface area contributed by atoms with Crippen LogP contribution < -0.4 is 0 Å². The minimum atomic E-state index is -0.298. The van der Waals surface area contributed by atoms with E-state index in [1.54, 1.807) is 29.8 Å². The summed E-state index contributed by atoms with van der Waals surface area (Å²) in [7, 11) is 0. The van der Waals surface area contributed by atoms with Crippen LogP contribution in [0.5, 0.6) is 0 Å². The Morgan fingerprint density at radius 1 is 1.19 bits per heavy atom. The molecule has 1 aliphatic carbocycles. The van der Waals surface area contributed by atoms with Crippen LogP contribution in [0.2, 0.25) is 0 Å². The van der Waals surface area contributed by atoms with Gasteiger partial charge in [-0.05, 0) is 66.8 Å². The van der Waals surface area contributed by atoms with E-state index in [0.29, 0.717) is 22.6 Å². The minimum Gasteiger partial charge on any atom is -0.411 e. The van der Waals surface area contributed by atoms with E-state index >= 15 is 0 Å². The van der Waals surface area contributed by atoms with Crippen LogP contribution in [0.15, 0.2) is 45.3 Å². The molecule has 1 aliphatic rings. The van der Waals surface area contributed by atoms with E-state index in [0.717, 1.165) is 28.1 Å². The lowest BCUT2D eigenvalue weighted by atomic mass is 9.89. The summed E-state index contributed by atoms with van der Waals surface area (Å²) in [4.78, 5) is 11.4. The third-order valence-electron chi connectivity index (χ3n) is 4.74. The third kappa shape index (κ3) is 3.12. The van der Waals surface area contributed by atoms with Gasteiger partial charge in [0.1, 0.15) is 22.0 Å². The zero-order valence-electron chi connectivity index (χ0n) is 14.5. The molecule has 8 heteroatoms. The van der Waals surface area contributed by atoms with E-state index in [1.165, 1.54) is 40.8 Å². The van der Waals surface area contributed by atoms with E-state index in [1.807, 2.05) is 0 Å². The summed E-state index contributed by atoms with van der Waals surface area (Å²) in [6.45, 7) is 2.30. The normalized spacial score (nSPS) is 16.6. The second-order valence-electron chi connectivity index (χ2n) is 6.69. The molecule has 0 saturated carbocycles. The number of aromatic nitrogens is 4. The molecule has 0 radical (unpaired) electrons. The van der Waals surface area contributed by atoms with Gasteiger partial charge in [0.25, 0.3) is 5.22 Å². The summed E-state index contributed by atoms with van der Waals surface area (Å²) >= 11 is 3.12. The smallest absolute Gasteiger partial charge is 0.283 e. The number of benzene rings is 1. The maximum atomic E-state index is 13.1. The SMILES string of the molecule is C[C@@H]1CCc2c(sc3ncnc(Sc4nnc(-c5ccc(F)cc5)o4)c23)C1. The van der Waals surface area contributed by atoms with Crippen LogP contribution in [0.4, 0.5) is 4.39 Å². The highest BCUT2D eigenvalue weighted by Crippen LogP contribution is 2.42. The molecule has 136 valence electrons. The van der Waals surface area contributed by atoms with Crippen LogP contribution in [0.3, 0.4) is 0 Å². The molecule has 0 bridgehead atoms. The molecule has 0 aliphatic heterocycles. The second kappa shape index (κ2) is 6.69. The maximum Gasteiger partial charge on any atom is 0.283 e. The molecule has 27 heavy (non-hydrogen) atoms. The van der Waals surface area contributed by atoms with Gasteiger partial charge in [-0.1, -0.05) is 6.92 Å². The van der Waals surface area contributed by atoms with E-state index in [9.17, 15) is 4.39 Å². The fraction of sp³-hybridized carbons (Fsp3) is 0.263. The van der Waals surface area contributed by atoms with Crippen LogP contribution in [0.25, 0.3) is 21.7 Å². The molecule has 0 spiro atoms. The average Bonchev–Trinajstić information content (AvgIpc) is 3.26. The lowest BCUT2D eigenvalue weighted by molar-refractivity contribution is 0.465. The summed E-state index contributed by atoms with van der Waals surface area (Å²) < 4.78 is 18.9. The highest BCUT2D eigenvalue weighted by atomic mass is 32.2. The maximum absolute atomic E-state index is 13.1. The van der Waals surface area contributed by atoms with Crippen molar-refractivity contribution in [3.63, 3.8) is 0 Å². The molecule has 0 saturated heterocycles. The van der Waals surface area contributed by atoms with Crippen molar-refractivity contribution in [2.45, 2.75) is 36.4 Å². The van der Waals surface area contributed by atoms with Gasteiger partial charge in [0, 0.05) is 15.8 Å². The Bertz CT molecular complexity index is 1120. The second-order valence-corrected chi connectivity index (χ2v) is 8.72. The molecule has 5 nitrogen and oxygen atoms in total. The van der Waals surface area contributed by atoms with Crippen LogP contribution in [-0.4, -0.2) is 20.2 Å². The monoisotopic (exact) mass is 398 g/mol. The van der Waals surface area contributed by atoms with Crippen molar-refractivity contribution in [2.75, 3.05) is 0 Å². The Labute approximate surface area is 163 Å². The van der Waals surface area contributed by atoms with E-state index in [-0.39, 0.29) is 5.82 Å². The predicted octanol–water partition coefficient (Wildman–Crippen LogP) is 5.16. The third-order valence-corrected chi connectivity index (χ3v) is 6.74. The van der Waals surface area contributed by atoms with Gasteiger partial charge in [-0.15, -0.1) is 21.5 Å². The molecule has 1 atom stereocenters. The number of hydrogen-bond acceptors (Lipinski definition) is 7. The van der Waals surface area contributed by atoms with E-state index < -0.39 is 0 Å². The lowest BCUT2D eigenvalue weighted by Crippen LogP contribution is -2.08. The zero-order chi connectivity index (χ0) is 18.4. The Hall–Kier alpha value is -2.32. The number of fused-ring (bicyclic) bond motifs is 3. The van der Waals surface area contributed by atoms with E-state index in [2.05, 4.69) is 27.1 Å². The largest absolute Gasteiger partial charge is 0.411 e. The highest BCUT2D eigenvalue weighted by molar-refractivity contribution is 7.99. The van der Waals surface area contributed by atoms with Gasteiger partial charge in [0.2, 0.25) is 5.89 Å². The molecular weight excluding hydrogens is 383 g/mol. The summed E-state index contributed by atoms with van der Waals surface area (Å²) in [6.07, 6.45) is 4.94. The molecule has 5 rings (SSSR count). The first-order valence-electron chi connectivity index (χ1n) is 8.70. The highest BCUT2D eigenvalue weighted by Gasteiger charge is 2.24. The van der Waals surface area contributed by atoms with E-state index in [4.69, 9.17) is 4.42 Å². The quantitative estimate of drug-likeness (QED) is 0.444. The number of rotatable bonds is 3. The van der Waals surface area contributed by atoms with Crippen LogP contribution in [-0.2, 0) is 12.8 Å². The standard InChI is InChI=1S/C19H15FN4OS2/c1-10-2-7-13-14(8-10)26-17-15(13)18(22-9-21-17)27-19-24-23-16(25-19)11-3-5-12(20)6-4-11/h3-6,9-10H,2,7-8H2,1H3/t10-/m1/s1. The Morgan fingerprint density at radius 2 is 2.04 bits per heavy atom. The molecule has 4 aromatic rings. The molecular formula is C19H15FN4OS2. The number of thiophene rings is 1. The molecule has 0 fully saturated rings. The molecule has 0 unspecified atom stereocenters. The zero-order valence-corrected chi connectivity index (χ0v) is 16.1. The topological polar surface area (TPSA) is 64.7 Å². The van der Waals surface area contributed by atoms with Crippen molar-refractivity contribution in [1.82, 2.24) is 20.2 Å². The molecule has 1 aromatic carbocycles. The lowest BCUT2D eigenvalue weighted by Gasteiger charge is -2.17. The van der Waals surface area contributed by atoms with Gasteiger partial charge in [0.15, 0.2) is 0 Å². The van der Waals surface area contributed by atoms with Gasteiger partial charge in [-0.3, -0.25) is 0 Å². The Balaban J connectivity index is 1.49. The summed E-state index contributed by atoms with van der Waals surface area (Å²) in [6, 6.07) is 5.99. The number of hydrogen-bond donors (Lipinski definition) is 0. The van der Waals surface area contributed by atoms with Crippen LogP contribution in [0, 0.1) is 11.7 Å². The van der Waals surface area contributed by atoms with Gasteiger partial charge in [-0.25, -0.2) is 14.4 Å². The number of aryl methyl sites for hydroxylation is 1. The summed E-state index contributed by atoms with van der Waals surface area (Å²) in [5.74, 6) is 0.778.